The molecule has 0 aliphatic rings. The third-order valence-electron chi connectivity index (χ3n) is 1.69. The fourth-order valence-corrected chi connectivity index (χ4v) is 2.24. The van der Waals surface area contributed by atoms with E-state index in [1.165, 1.54) is 0 Å². The molecule has 4 nitrogen and oxygen atoms in total. The van der Waals surface area contributed by atoms with Gasteiger partial charge in [-0.3, -0.25) is 0 Å². The third-order valence-corrected chi connectivity index (χ3v) is 3.39. The first-order chi connectivity index (χ1) is 7.70. The molecule has 0 heterocycles. The Hall–Kier alpha value is 0.200. The quantitative estimate of drug-likeness (QED) is 0.648. The first kappa shape index (κ1) is 14.3. The second-order valence-electron chi connectivity index (χ2n) is 2.83. The summed E-state index contributed by atoms with van der Waals surface area (Å²) in [5.41, 5.74) is 0. The molecule has 0 aliphatic carbocycles. The van der Waals surface area contributed by atoms with Crippen molar-refractivity contribution in [3.63, 3.8) is 0 Å². The first-order valence-corrected chi connectivity index (χ1v) is 6.81. The molecule has 6 heteroatoms. The fourth-order valence-electron chi connectivity index (χ4n) is 1.08. The molecule has 0 bridgehead atoms. The lowest BCUT2D eigenvalue weighted by Crippen LogP contribution is -2.08. The highest BCUT2D eigenvalue weighted by atomic mass is 127. The van der Waals surface area contributed by atoms with Crippen LogP contribution in [0.5, 0.6) is 11.5 Å². The summed E-state index contributed by atoms with van der Waals surface area (Å²) in [6.45, 7) is 0.374. The summed E-state index contributed by atoms with van der Waals surface area (Å²) >= 11 is 4.28. The average molecular weight is 450 g/mol. The van der Waals surface area contributed by atoms with Gasteiger partial charge in [0.2, 0.25) is 0 Å². The molecule has 16 heavy (non-hydrogen) atoms. The molecular weight excluding hydrogens is 438 g/mol. The molecule has 0 aromatic heterocycles. The van der Waals surface area contributed by atoms with Crippen molar-refractivity contribution < 1.29 is 19.7 Å². The zero-order valence-corrected chi connectivity index (χ0v) is 12.8. The molecule has 0 fully saturated rings. The van der Waals surface area contributed by atoms with E-state index in [0.717, 1.165) is 7.14 Å². The van der Waals surface area contributed by atoms with Gasteiger partial charge in [0.1, 0.15) is 13.2 Å². The minimum absolute atomic E-state index is 0.0407. The molecule has 0 amide bonds. The van der Waals surface area contributed by atoms with E-state index in [4.69, 9.17) is 19.7 Å². The van der Waals surface area contributed by atoms with Crippen molar-refractivity contribution in [1.82, 2.24) is 0 Å². The molecular formula is C10H12I2O4. The molecule has 0 atom stereocenters. The lowest BCUT2D eigenvalue weighted by molar-refractivity contribution is 0.177. The van der Waals surface area contributed by atoms with Crippen molar-refractivity contribution in [1.29, 1.82) is 0 Å². The summed E-state index contributed by atoms with van der Waals surface area (Å²) in [6.07, 6.45) is 0. The molecule has 2 N–H and O–H groups in total. The molecule has 1 rings (SSSR count). The summed E-state index contributed by atoms with van der Waals surface area (Å²) in [5.74, 6) is 1.24. The van der Waals surface area contributed by atoms with Gasteiger partial charge in [-0.2, -0.15) is 0 Å². The van der Waals surface area contributed by atoms with E-state index in [-0.39, 0.29) is 26.4 Å². The van der Waals surface area contributed by atoms with Gasteiger partial charge in [0.25, 0.3) is 0 Å². The number of aliphatic hydroxyl groups excluding tert-OH is 2. The van der Waals surface area contributed by atoms with Gasteiger partial charge < -0.3 is 19.7 Å². The van der Waals surface area contributed by atoms with Gasteiger partial charge in [0.15, 0.2) is 11.5 Å². The summed E-state index contributed by atoms with van der Waals surface area (Å²) in [4.78, 5) is 0. The van der Waals surface area contributed by atoms with Crippen LogP contribution in [0.4, 0.5) is 0 Å². The van der Waals surface area contributed by atoms with Crippen LogP contribution >= 0.6 is 45.2 Å². The van der Waals surface area contributed by atoms with E-state index < -0.39 is 0 Å². The molecule has 1 aromatic rings. The van der Waals surface area contributed by atoms with Crippen LogP contribution in [0, 0.1) is 7.14 Å². The maximum atomic E-state index is 8.74. The summed E-state index contributed by atoms with van der Waals surface area (Å²) in [7, 11) is 0. The maximum Gasteiger partial charge on any atom is 0.175 e. The number of halogens is 2. The largest absolute Gasteiger partial charge is 0.486 e. The zero-order chi connectivity index (χ0) is 12.0. The Bertz CT molecular complexity index is 311. The highest BCUT2D eigenvalue weighted by Gasteiger charge is 2.13. The highest BCUT2D eigenvalue weighted by Crippen LogP contribution is 2.36. The molecule has 90 valence electrons. The monoisotopic (exact) mass is 450 g/mol. The Kier molecular flexibility index (Phi) is 6.70. The molecule has 0 unspecified atom stereocenters. The Morgan fingerprint density at radius 1 is 0.875 bits per heavy atom. The van der Waals surface area contributed by atoms with Crippen LogP contribution in [-0.4, -0.2) is 36.6 Å². The average Bonchev–Trinajstić information content (AvgIpc) is 2.29. The number of rotatable bonds is 6. The lowest BCUT2D eigenvalue weighted by Gasteiger charge is -2.14. The Balaban J connectivity index is 2.94. The second-order valence-corrected chi connectivity index (χ2v) is 5.16. The normalized spacial score (nSPS) is 10.2. The van der Waals surface area contributed by atoms with Crippen LogP contribution in [0.25, 0.3) is 0 Å². The van der Waals surface area contributed by atoms with Crippen molar-refractivity contribution in [3.05, 3.63) is 19.3 Å². The number of aliphatic hydroxyl groups is 2. The summed E-state index contributed by atoms with van der Waals surface area (Å²) < 4.78 is 12.7. The molecule has 1 aromatic carbocycles. The van der Waals surface area contributed by atoms with E-state index >= 15 is 0 Å². The Morgan fingerprint density at radius 3 is 1.56 bits per heavy atom. The number of ether oxygens (including phenoxy) is 2. The van der Waals surface area contributed by atoms with E-state index in [9.17, 15) is 0 Å². The minimum Gasteiger partial charge on any atom is -0.486 e. The zero-order valence-electron chi connectivity index (χ0n) is 8.45. The van der Waals surface area contributed by atoms with Gasteiger partial charge in [-0.25, -0.2) is 0 Å². The Labute approximate surface area is 121 Å². The van der Waals surface area contributed by atoms with Crippen LogP contribution in [-0.2, 0) is 0 Å². The van der Waals surface area contributed by atoms with Gasteiger partial charge in [0, 0.05) is 0 Å². The number of hydrogen-bond donors (Lipinski definition) is 2. The summed E-state index contributed by atoms with van der Waals surface area (Å²) in [6, 6.07) is 3.84. The summed E-state index contributed by atoms with van der Waals surface area (Å²) in [5, 5.41) is 17.5. The number of benzene rings is 1. The van der Waals surface area contributed by atoms with Crippen LogP contribution in [0.15, 0.2) is 12.1 Å². The van der Waals surface area contributed by atoms with Gasteiger partial charge >= 0.3 is 0 Å². The van der Waals surface area contributed by atoms with Crippen molar-refractivity contribution >= 4 is 45.2 Å². The second kappa shape index (κ2) is 7.51. The van der Waals surface area contributed by atoms with Gasteiger partial charge in [0.05, 0.1) is 20.4 Å². The van der Waals surface area contributed by atoms with E-state index in [2.05, 4.69) is 45.2 Å². The standard InChI is InChI=1S/C10H12I2O4/c11-7-1-2-8(12)10(16-6-4-14)9(7)15-5-3-13/h1-2,13-14H,3-6H2. The molecule has 0 spiro atoms. The fraction of sp³-hybridized carbons (Fsp3) is 0.400. The van der Waals surface area contributed by atoms with Crippen molar-refractivity contribution in [2.75, 3.05) is 26.4 Å². The van der Waals surface area contributed by atoms with Gasteiger partial charge in [-0.15, -0.1) is 0 Å². The maximum absolute atomic E-state index is 8.74. The van der Waals surface area contributed by atoms with E-state index in [1.807, 2.05) is 12.1 Å². The van der Waals surface area contributed by atoms with Crippen LogP contribution in [0.1, 0.15) is 0 Å². The van der Waals surface area contributed by atoms with Gasteiger partial charge in [-0.05, 0) is 57.3 Å². The van der Waals surface area contributed by atoms with Crippen LogP contribution in [0.2, 0.25) is 0 Å². The van der Waals surface area contributed by atoms with Crippen molar-refractivity contribution in [2.45, 2.75) is 0 Å². The first-order valence-electron chi connectivity index (χ1n) is 4.66. The van der Waals surface area contributed by atoms with Crippen molar-refractivity contribution in [3.8, 4) is 11.5 Å². The minimum atomic E-state index is -0.0407. The highest BCUT2D eigenvalue weighted by molar-refractivity contribution is 14.1. The predicted molar refractivity (Wildman–Crippen MR) is 77.0 cm³/mol. The van der Waals surface area contributed by atoms with Gasteiger partial charge in [-0.1, -0.05) is 0 Å². The Morgan fingerprint density at radius 2 is 1.25 bits per heavy atom. The topological polar surface area (TPSA) is 58.9 Å². The number of hydrogen-bond acceptors (Lipinski definition) is 4. The van der Waals surface area contributed by atoms with E-state index in [1.54, 1.807) is 0 Å². The van der Waals surface area contributed by atoms with Crippen LogP contribution < -0.4 is 9.47 Å². The van der Waals surface area contributed by atoms with Crippen LogP contribution in [0.3, 0.4) is 0 Å². The van der Waals surface area contributed by atoms with E-state index in [0.29, 0.717) is 11.5 Å². The lowest BCUT2D eigenvalue weighted by atomic mass is 10.3. The third kappa shape index (κ3) is 3.90. The SMILES string of the molecule is OCCOc1c(I)ccc(I)c1OCCO. The molecule has 0 saturated heterocycles. The van der Waals surface area contributed by atoms with Crippen molar-refractivity contribution in [2.24, 2.45) is 0 Å². The predicted octanol–water partition coefficient (Wildman–Crippen LogP) is 1.64. The smallest absolute Gasteiger partial charge is 0.175 e. The molecule has 0 radical (unpaired) electrons. The molecule has 0 saturated carbocycles. The molecule has 0 aliphatic heterocycles.